The van der Waals surface area contributed by atoms with Crippen LogP contribution >= 0.6 is 0 Å². The van der Waals surface area contributed by atoms with Crippen molar-refractivity contribution in [3.8, 4) is 0 Å². The molecular weight excluding hydrogens is 298 g/mol. The van der Waals surface area contributed by atoms with E-state index in [-0.39, 0.29) is 13.5 Å². The Kier molecular flexibility index (Phi) is 20.8. The second-order valence-corrected chi connectivity index (χ2v) is 5.18. The first-order chi connectivity index (χ1) is 6.41. The van der Waals surface area contributed by atoms with Crippen LogP contribution in [0.1, 0.15) is 71.1 Å². The average Bonchev–Trinajstić information content (AvgIpc) is 2.16. The van der Waals surface area contributed by atoms with Crippen LogP contribution in [0.5, 0.6) is 0 Å². The van der Waals surface area contributed by atoms with Crippen LogP contribution in [0, 0.1) is 0 Å². The number of hydrogen-bond donors (Lipinski definition) is 0. The molecule has 2 radical (unpaired) electrons. The van der Waals surface area contributed by atoms with Crippen molar-refractivity contribution in [3.05, 3.63) is 0 Å². The predicted octanol–water partition coefficient (Wildman–Crippen LogP) is 4.22. The van der Waals surface area contributed by atoms with E-state index >= 15 is 0 Å². The van der Waals surface area contributed by atoms with E-state index in [0.29, 0.717) is 0 Å². The van der Waals surface area contributed by atoms with Crippen LogP contribution in [-0.4, -0.2) is 23.0 Å². The molecule has 0 nitrogen and oxygen atoms in total. The van der Waals surface area contributed by atoms with E-state index in [1.807, 2.05) is 23.0 Å². The van der Waals surface area contributed by atoms with Gasteiger partial charge in [0.1, 0.15) is 0 Å². The van der Waals surface area contributed by atoms with Gasteiger partial charge in [-0.1, -0.05) is 0 Å². The first-order valence-electron chi connectivity index (χ1n) is 6.02. The molecule has 0 unspecified atom stereocenters. The van der Waals surface area contributed by atoms with Crippen molar-refractivity contribution >= 4 is 36.5 Å². The molecule has 0 heterocycles. The van der Waals surface area contributed by atoms with Gasteiger partial charge in [-0.15, -0.1) is 0 Å². The Hall–Kier alpha value is 1.17. The molecule has 0 fully saturated rings. The molecule has 0 saturated carbocycles. The molecule has 0 aromatic heterocycles. The van der Waals surface area contributed by atoms with Crippen LogP contribution in [0.3, 0.4) is 0 Å². The topological polar surface area (TPSA) is 0 Å². The molecule has 0 N–H and O–H groups in total. The SMILES string of the molecule is CCCCCCCCCCC[CH2][Sb].[SH-]. The maximum absolute atomic E-state index is 2.28. The second kappa shape index (κ2) is 16.6. The third-order valence-corrected chi connectivity index (χ3v) is 3.41. The minimum atomic E-state index is 0. The molecule has 0 saturated heterocycles. The van der Waals surface area contributed by atoms with Crippen molar-refractivity contribution < 1.29 is 0 Å². The number of thiol groups is 1. The van der Waals surface area contributed by atoms with Crippen molar-refractivity contribution in [3.63, 3.8) is 0 Å². The smallest absolute Gasteiger partial charge is 0.813 e. The summed E-state index contributed by atoms with van der Waals surface area (Å²) in [5.41, 5.74) is 0. The molecule has 2 heteroatoms. The molecule has 0 aliphatic rings. The van der Waals surface area contributed by atoms with Gasteiger partial charge in [-0.2, -0.15) is 0 Å². The Bertz CT molecular complexity index is 76.4. The molecule has 0 atom stereocenters. The minimum Gasteiger partial charge on any atom is -0.813 e. The zero-order valence-corrected chi connectivity index (χ0v) is 13.1. The largest absolute Gasteiger partial charge is 0.813 e. The van der Waals surface area contributed by atoms with Crippen molar-refractivity contribution in [1.82, 2.24) is 0 Å². The van der Waals surface area contributed by atoms with Gasteiger partial charge < -0.3 is 13.5 Å². The van der Waals surface area contributed by atoms with E-state index < -0.39 is 0 Å². The summed E-state index contributed by atoms with van der Waals surface area (Å²) in [5.74, 6) is 0. The van der Waals surface area contributed by atoms with Crippen LogP contribution in [0.25, 0.3) is 0 Å². The second-order valence-electron chi connectivity index (χ2n) is 3.91. The van der Waals surface area contributed by atoms with Crippen LogP contribution in [-0.2, 0) is 13.5 Å². The van der Waals surface area contributed by atoms with Crippen LogP contribution < -0.4 is 0 Å². The molecule has 0 aromatic carbocycles. The summed E-state index contributed by atoms with van der Waals surface area (Å²) >= 11 is 1.97. The quantitative estimate of drug-likeness (QED) is 0.251. The van der Waals surface area contributed by atoms with E-state index in [9.17, 15) is 0 Å². The molecule has 0 aromatic rings. The molecule has 86 valence electrons. The standard InChI is InChI=1S/C12H25.H2S.Sb/c1-3-5-7-9-11-12-10-8-6-4-2;;/h1,3-12H2,2H3;1H2;/p-1. The summed E-state index contributed by atoms with van der Waals surface area (Å²) < 4.78 is 1.42. The van der Waals surface area contributed by atoms with Gasteiger partial charge >= 0.3 is 98.5 Å². The Morgan fingerprint density at radius 3 is 1.36 bits per heavy atom. The van der Waals surface area contributed by atoms with Crippen LogP contribution in [0.2, 0.25) is 4.37 Å². The normalized spacial score (nSPS) is 9.86. The van der Waals surface area contributed by atoms with Crippen molar-refractivity contribution in [2.24, 2.45) is 0 Å². The van der Waals surface area contributed by atoms with Gasteiger partial charge in [0.15, 0.2) is 0 Å². The van der Waals surface area contributed by atoms with E-state index in [1.165, 1.54) is 68.6 Å². The van der Waals surface area contributed by atoms with E-state index in [2.05, 4.69) is 6.92 Å². The number of hydrogen-bond acceptors (Lipinski definition) is 1. The zero-order chi connectivity index (χ0) is 9.78. The van der Waals surface area contributed by atoms with Crippen molar-refractivity contribution in [2.45, 2.75) is 75.5 Å². The maximum atomic E-state index is 2.28. The molecule has 0 amide bonds. The van der Waals surface area contributed by atoms with Gasteiger partial charge in [-0.05, 0) is 0 Å². The third kappa shape index (κ3) is 15.6. The van der Waals surface area contributed by atoms with Gasteiger partial charge in [-0.25, -0.2) is 0 Å². The molecule has 0 spiro atoms. The molecule has 0 aliphatic heterocycles. The van der Waals surface area contributed by atoms with E-state index in [4.69, 9.17) is 0 Å². The molecule has 0 rings (SSSR count). The Labute approximate surface area is 112 Å². The van der Waals surface area contributed by atoms with Gasteiger partial charge in [0.25, 0.3) is 0 Å². The first-order valence-corrected chi connectivity index (χ1v) is 7.83. The zero-order valence-electron chi connectivity index (χ0n) is 9.67. The summed E-state index contributed by atoms with van der Waals surface area (Å²) in [7, 11) is 0. The summed E-state index contributed by atoms with van der Waals surface area (Å²) in [5, 5.41) is 0. The third-order valence-electron chi connectivity index (χ3n) is 2.51. The summed E-state index contributed by atoms with van der Waals surface area (Å²) in [6.45, 7) is 2.28. The Balaban J connectivity index is 0. The summed E-state index contributed by atoms with van der Waals surface area (Å²) in [6.07, 6.45) is 14.6. The predicted molar refractivity (Wildman–Crippen MR) is 71.2 cm³/mol. The van der Waals surface area contributed by atoms with Crippen LogP contribution in [0.4, 0.5) is 0 Å². The van der Waals surface area contributed by atoms with Crippen molar-refractivity contribution in [2.75, 3.05) is 0 Å². The first kappa shape index (κ1) is 17.6. The molecule has 0 bridgehead atoms. The molecule has 14 heavy (non-hydrogen) atoms. The van der Waals surface area contributed by atoms with Gasteiger partial charge in [-0.3, -0.25) is 0 Å². The van der Waals surface area contributed by atoms with Gasteiger partial charge in [0.05, 0.1) is 0 Å². The summed E-state index contributed by atoms with van der Waals surface area (Å²) in [6, 6.07) is 0. The van der Waals surface area contributed by atoms with Crippen molar-refractivity contribution in [1.29, 1.82) is 0 Å². The average molecular weight is 324 g/mol. The van der Waals surface area contributed by atoms with Gasteiger partial charge in [0.2, 0.25) is 0 Å². The van der Waals surface area contributed by atoms with Gasteiger partial charge in [0, 0.05) is 0 Å². The fourth-order valence-electron chi connectivity index (χ4n) is 1.60. The Morgan fingerprint density at radius 2 is 1.00 bits per heavy atom. The fraction of sp³-hybridized carbons (Fsp3) is 1.00. The van der Waals surface area contributed by atoms with E-state index in [1.54, 1.807) is 0 Å². The Morgan fingerprint density at radius 1 is 0.643 bits per heavy atom. The maximum Gasteiger partial charge on any atom is -0.813 e. The monoisotopic (exact) mass is 323 g/mol. The number of rotatable bonds is 10. The minimum absolute atomic E-state index is 0. The van der Waals surface area contributed by atoms with E-state index in [0.717, 1.165) is 0 Å². The van der Waals surface area contributed by atoms with Crippen LogP contribution in [0.15, 0.2) is 0 Å². The summed E-state index contributed by atoms with van der Waals surface area (Å²) in [4.78, 5) is 0. The molecule has 0 aliphatic carbocycles. The number of unbranched alkanes of at least 4 members (excludes halogenated alkanes) is 9. The molecular formula is C12H26SSb-. The fourth-order valence-corrected chi connectivity index (χ4v) is 2.24.